The molecule has 0 heterocycles. The lowest BCUT2D eigenvalue weighted by atomic mass is 9.99. The molecule has 0 spiro atoms. The van der Waals surface area contributed by atoms with E-state index >= 15 is 0 Å². The molecule has 0 saturated carbocycles. The van der Waals surface area contributed by atoms with Gasteiger partial charge in [0.25, 0.3) is 0 Å². The Bertz CT molecular complexity index is 444. The Morgan fingerprint density at radius 2 is 2.00 bits per heavy atom. The zero-order valence-corrected chi connectivity index (χ0v) is 12.5. The van der Waals surface area contributed by atoms with Gasteiger partial charge in [0.2, 0.25) is 5.91 Å². The maximum atomic E-state index is 11.6. The van der Waals surface area contributed by atoms with E-state index in [1.165, 1.54) is 0 Å². The maximum Gasteiger partial charge on any atom is 0.234 e. The Hall–Kier alpha value is -1.55. The third-order valence-corrected chi connectivity index (χ3v) is 3.04. The van der Waals surface area contributed by atoms with Crippen LogP contribution in [0.4, 0.5) is 0 Å². The first-order valence-corrected chi connectivity index (χ1v) is 6.67. The quantitative estimate of drug-likeness (QED) is 0.827. The number of aryl methyl sites for hydroxylation is 2. The summed E-state index contributed by atoms with van der Waals surface area (Å²) < 4.78 is 5.57. The zero-order chi connectivity index (χ0) is 14.4. The van der Waals surface area contributed by atoms with Crippen LogP contribution in [0.3, 0.4) is 0 Å². The number of hydrogen-bond donors (Lipinski definition) is 2. The summed E-state index contributed by atoms with van der Waals surface area (Å²) in [7, 11) is 1.76. The summed E-state index contributed by atoms with van der Waals surface area (Å²) in [5.41, 5.74) is 3.36. The Balaban J connectivity index is 2.88. The summed E-state index contributed by atoms with van der Waals surface area (Å²) in [6.45, 7) is 9.03. The van der Waals surface area contributed by atoms with Crippen molar-refractivity contribution in [3.8, 4) is 5.75 Å². The molecule has 0 aliphatic heterocycles. The van der Waals surface area contributed by atoms with E-state index in [9.17, 15) is 4.79 Å². The Kier molecular flexibility index (Phi) is 5.83. The topological polar surface area (TPSA) is 50.4 Å². The van der Waals surface area contributed by atoms with Gasteiger partial charge in [0, 0.05) is 0 Å². The Morgan fingerprint density at radius 3 is 2.58 bits per heavy atom. The molecular weight excluding hydrogens is 240 g/mol. The number of likely N-dealkylation sites (N-methyl/N-ethyl adjacent to an activating group) is 1. The lowest BCUT2D eigenvalue weighted by Gasteiger charge is -2.19. The zero-order valence-electron chi connectivity index (χ0n) is 12.5. The van der Waals surface area contributed by atoms with Crippen LogP contribution in [0.1, 0.15) is 36.6 Å². The van der Waals surface area contributed by atoms with Crippen LogP contribution in [0.15, 0.2) is 12.1 Å². The molecule has 1 unspecified atom stereocenters. The third-order valence-electron chi connectivity index (χ3n) is 3.04. The van der Waals surface area contributed by atoms with Crippen LogP contribution in [-0.4, -0.2) is 26.1 Å². The van der Waals surface area contributed by atoms with Gasteiger partial charge in [0.1, 0.15) is 5.75 Å². The summed E-state index contributed by atoms with van der Waals surface area (Å²) in [6.07, 6.45) is 0. The van der Waals surface area contributed by atoms with E-state index in [1.807, 2.05) is 33.8 Å². The van der Waals surface area contributed by atoms with Gasteiger partial charge in [-0.25, -0.2) is 0 Å². The predicted molar refractivity (Wildman–Crippen MR) is 77.6 cm³/mol. The highest BCUT2D eigenvalue weighted by Gasteiger charge is 2.13. The van der Waals surface area contributed by atoms with Gasteiger partial charge in [-0.2, -0.15) is 0 Å². The molecule has 0 radical (unpaired) electrons. The highest BCUT2D eigenvalue weighted by atomic mass is 16.5. The van der Waals surface area contributed by atoms with Gasteiger partial charge in [0.15, 0.2) is 0 Å². The lowest BCUT2D eigenvalue weighted by Crippen LogP contribution is -2.34. The minimum Gasteiger partial charge on any atom is -0.494 e. The molecule has 19 heavy (non-hydrogen) atoms. The fourth-order valence-corrected chi connectivity index (χ4v) is 2.12. The number of nitrogens with one attached hydrogen (secondary N) is 2. The van der Waals surface area contributed by atoms with Crippen LogP contribution < -0.4 is 15.4 Å². The van der Waals surface area contributed by atoms with Crippen LogP contribution in [0.25, 0.3) is 0 Å². The molecule has 0 fully saturated rings. The molecule has 2 N–H and O–H groups in total. The molecule has 1 amide bonds. The average Bonchev–Trinajstić information content (AvgIpc) is 2.33. The van der Waals surface area contributed by atoms with E-state index in [-0.39, 0.29) is 11.9 Å². The van der Waals surface area contributed by atoms with Crippen molar-refractivity contribution < 1.29 is 9.53 Å². The van der Waals surface area contributed by atoms with Crippen molar-refractivity contribution in [3.05, 3.63) is 28.8 Å². The van der Waals surface area contributed by atoms with E-state index < -0.39 is 0 Å². The molecule has 0 bridgehead atoms. The van der Waals surface area contributed by atoms with Crippen LogP contribution in [0.2, 0.25) is 0 Å². The van der Waals surface area contributed by atoms with Crippen molar-refractivity contribution in [2.45, 2.75) is 33.7 Å². The number of benzene rings is 1. The van der Waals surface area contributed by atoms with Crippen molar-refractivity contribution in [2.75, 3.05) is 20.2 Å². The largest absolute Gasteiger partial charge is 0.494 e. The standard InChI is InChI=1S/C15H24N2O2/c1-6-19-14-8-10(2)13(7-11(14)3)12(4)17-15(18)9-16-5/h7-8,12,16H,6,9H2,1-5H3,(H,17,18). The highest BCUT2D eigenvalue weighted by molar-refractivity contribution is 5.78. The van der Waals surface area contributed by atoms with Crippen LogP contribution in [-0.2, 0) is 4.79 Å². The summed E-state index contributed by atoms with van der Waals surface area (Å²) in [5.74, 6) is 0.915. The Labute approximate surface area is 115 Å². The molecule has 1 aromatic carbocycles. The first-order valence-electron chi connectivity index (χ1n) is 6.67. The van der Waals surface area contributed by atoms with Crippen molar-refractivity contribution in [1.29, 1.82) is 0 Å². The second-order valence-corrected chi connectivity index (χ2v) is 4.73. The predicted octanol–water partition coefficient (Wildman–Crippen LogP) is 2.10. The van der Waals surface area contributed by atoms with Crippen LogP contribution in [0.5, 0.6) is 5.75 Å². The molecule has 0 aliphatic rings. The first-order chi connectivity index (χ1) is 8.99. The SMILES string of the molecule is CCOc1cc(C)c(C(C)NC(=O)CNC)cc1C. The van der Waals surface area contributed by atoms with Crippen LogP contribution >= 0.6 is 0 Å². The fourth-order valence-electron chi connectivity index (χ4n) is 2.12. The van der Waals surface area contributed by atoms with E-state index in [0.717, 1.165) is 22.4 Å². The van der Waals surface area contributed by atoms with E-state index in [1.54, 1.807) is 7.05 Å². The van der Waals surface area contributed by atoms with Gasteiger partial charge in [0.05, 0.1) is 19.2 Å². The normalized spacial score (nSPS) is 12.1. The number of carbonyl (C=O) groups excluding carboxylic acids is 1. The van der Waals surface area contributed by atoms with Crippen molar-refractivity contribution >= 4 is 5.91 Å². The van der Waals surface area contributed by atoms with E-state index in [0.29, 0.717) is 13.2 Å². The Morgan fingerprint density at radius 1 is 1.32 bits per heavy atom. The first kappa shape index (κ1) is 15.5. The smallest absolute Gasteiger partial charge is 0.234 e. The minimum atomic E-state index is -0.00442. The third kappa shape index (κ3) is 4.24. The molecule has 4 heteroatoms. The molecule has 1 rings (SSSR count). The molecule has 1 atom stereocenters. The van der Waals surface area contributed by atoms with E-state index in [2.05, 4.69) is 16.7 Å². The minimum absolute atomic E-state index is 0.000868. The molecule has 0 aliphatic carbocycles. The molecule has 4 nitrogen and oxygen atoms in total. The van der Waals surface area contributed by atoms with Gasteiger partial charge >= 0.3 is 0 Å². The number of ether oxygens (including phenoxy) is 1. The molecule has 1 aromatic rings. The summed E-state index contributed by atoms with van der Waals surface area (Å²) in [5, 5.41) is 5.82. The number of amides is 1. The number of rotatable bonds is 6. The highest BCUT2D eigenvalue weighted by Crippen LogP contribution is 2.26. The summed E-state index contributed by atoms with van der Waals surface area (Å²) >= 11 is 0. The second-order valence-electron chi connectivity index (χ2n) is 4.73. The van der Waals surface area contributed by atoms with Gasteiger partial charge in [-0.1, -0.05) is 6.07 Å². The van der Waals surface area contributed by atoms with Gasteiger partial charge in [-0.15, -0.1) is 0 Å². The molecule has 106 valence electrons. The van der Waals surface area contributed by atoms with Crippen molar-refractivity contribution in [2.24, 2.45) is 0 Å². The summed E-state index contributed by atoms with van der Waals surface area (Å²) in [6, 6.07) is 4.12. The fraction of sp³-hybridized carbons (Fsp3) is 0.533. The molecular formula is C15H24N2O2. The average molecular weight is 264 g/mol. The number of carbonyl (C=O) groups is 1. The van der Waals surface area contributed by atoms with Crippen LogP contribution in [0, 0.1) is 13.8 Å². The van der Waals surface area contributed by atoms with Crippen molar-refractivity contribution in [3.63, 3.8) is 0 Å². The molecule has 0 aromatic heterocycles. The van der Waals surface area contributed by atoms with E-state index in [4.69, 9.17) is 4.74 Å². The van der Waals surface area contributed by atoms with Gasteiger partial charge in [-0.05, 0) is 57.5 Å². The molecule has 0 saturated heterocycles. The second kappa shape index (κ2) is 7.14. The summed E-state index contributed by atoms with van der Waals surface area (Å²) in [4.78, 5) is 11.6. The maximum absolute atomic E-state index is 11.6. The van der Waals surface area contributed by atoms with Gasteiger partial charge < -0.3 is 15.4 Å². The lowest BCUT2D eigenvalue weighted by molar-refractivity contribution is -0.120. The monoisotopic (exact) mass is 264 g/mol. The van der Waals surface area contributed by atoms with Gasteiger partial charge in [-0.3, -0.25) is 4.79 Å². The number of hydrogen-bond acceptors (Lipinski definition) is 3. The van der Waals surface area contributed by atoms with Crippen molar-refractivity contribution in [1.82, 2.24) is 10.6 Å².